The summed E-state index contributed by atoms with van der Waals surface area (Å²) in [5.41, 5.74) is 5.42. The van der Waals surface area contributed by atoms with Crippen LogP contribution in [0.15, 0.2) is 70.3 Å². The van der Waals surface area contributed by atoms with Crippen molar-refractivity contribution in [1.82, 2.24) is 0 Å². The molecule has 1 aromatic rings. The fraction of sp³-hybridized carbons (Fsp3) is 0.125. The molecule has 0 heterocycles. The number of benzene rings is 1. The average Bonchev–Trinajstić information content (AvgIpc) is 2.99. The van der Waals surface area contributed by atoms with Crippen molar-refractivity contribution in [2.45, 2.75) is 12.8 Å². The Morgan fingerprint density at radius 2 is 1.82 bits per heavy atom. The summed E-state index contributed by atoms with van der Waals surface area (Å²) >= 11 is 4.20. The molecule has 0 unspecified atom stereocenters. The van der Waals surface area contributed by atoms with Crippen LogP contribution in [-0.2, 0) is 16.0 Å². The van der Waals surface area contributed by atoms with Crippen LogP contribution in [0.1, 0.15) is 18.4 Å². The van der Waals surface area contributed by atoms with Crippen LogP contribution in [-0.4, -0.2) is 0 Å². The molecule has 0 spiro atoms. The van der Waals surface area contributed by atoms with Crippen LogP contribution in [0.4, 0.5) is 0 Å². The third kappa shape index (κ3) is 1.97. The zero-order valence-electron chi connectivity index (χ0n) is 9.46. The van der Waals surface area contributed by atoms with Crippen LogP contribution in [0.2, 0.25) is 0 Å². The van der Waals surface area contributed by atoms with Gasteiger partial charge in [-0.1, -0.05) is 0 Å². The van der Waals surface area contributed by atoms with E-state index in [9.17, 15) is 0 Å². The molecule has 0 nitrogen and oxygen atoms in total. The molecule has 0 saturated heterocycles. The first kappa shape index (κ1) is 10.8. The van der Waals surface area contributed by atoms with E-state index in [4.69, 9.17) is 0 Å². The Bertz CT molecular complexity index is 556. The molecular weight excluding hydrogens is 248 g/mol. The van der Waals surface area contributed by atoms with Gasteiger partial charge in [0.25, 0.3) is 0 Å². The van der Waals surface area contributed by atoms with E-state index < -0.39 is 0 Å². The second-order valence-electron chi connectivity index (χ2n) is 4.28. The maximum atomic E-state index is 4.20. The molecule has 0 saturated carbocycles. The van der Waals surface area contributed by atoms with Gasteiger partial charge >= 0.3 is 110 Å². The van der Waals surface area contributed by atoms with Crippen molar-refractivity contribution in [2.24, 2.45) is 0 Å². The molecule has 85 valence electrons. The quantitative estimate of drug-likeness (QED) is 0.701. The van der Waals surface area contributed by atoms with Gasteiger partial charge in [-0.3, -0.25) is 0 Å². The number of hydrogen-bond donors (Lipinski definition) is 0. The fourth-order valence-corrected chi connectivity index (χ4v) is 2.83. The summed E-state index contributed by atoms with van der Waals surface area (Å²) in [5, 5.41) is 0. The Morgan fingerprint density at radius 1 is 1.00 bits per heavy atom. The molecule has 0 fully saturated rings. The van der Waals surface area contributed by atoms with Gasteiger partial charge in [0.1, 0.15) is 0 Å². The normalized spacial score (nSPS) is 18.6. The zero-order chi connectivity index (χ0) is 11.7. The summed E-state index contributed by atoms with van der Waals surface area (Å²) in [6.45, 7) is 0. The minimum atomic E-state index is 0.983. The van der Waals surface area contributed by atoms with Gasteiger partial charge in [0.15, 0.2) is 0 Å². The first-order chi connectivity index (χ1) is 8.36. The van der Waals surface area contributed by atoms with Crippen molar-refractivity contribution < 1.29 is 16.0 Å². The molecule has 3 rings (SSSR count). The van der Waals surface area contributed by atoms with E-state index in [1.54, 1.807) is 0 Å². The Hall–Kier alpha value is -1.30. The monoisotopic (exact) mass is 261 g/mol. The van der Waals surface area contributed by atoms with Crippen LogP contribution in [0.25, 0.3) is 5.57 Å². The number of rotatable bonds is 2. The molecule has 0 N–H and O–H groups in total. The fourth-order valence-electron chi connectivity index (χ4n) is 2.39. The summed E-state index contributed by atoms with van der Waals surface area (Å²) in [6.07, 6.45) is 10.9. The van der Waals surface area contributed by atoms with Crippen molar-refractivity contribution in [2.75, 3.05) is 0 Å². The minimum absolute atomic E-state index is 0.983. The molecule has 0 aliphatic heterocycles. The second-order valence-corrected chi connectivity index (χ2v) is 4.94. The number of hydrogen-bond acceptors (Lipinski definition) is 0. The molecule has 2 aliphatic rings. The van der Waals surface area contributed by atoms with E-state index in [2.05, 4.69) is 70.6 Å². The molecule has 0 bridgehead atoms. The molecule has 1 heteroatoms. The van der Waals surface area contributed by atoms with Gasteiger partial charge < -0.3 is 0 Å². The Morgan fingerprint density at radius 3 is 2.53 bits per heavy atom. The first-order valence-electron chi connectivity index (χ1n) is 5.86. The predicted octanol–water partition coefficient (Wildman–Crippen LogP) is 4.16. The van der Waals surface area contributed by atoms with E-state index in [1.165, 1.54) is 26.8 Å². The van der Waals surface area contributed by atoms with Crippen LogP contribution in [0, 0.1) is 0 Å². The van der Waals surface area contributed by atoms with E-state index in [0.717, 1.165) is 12.8 Å². The standard InChI is InChI=1S/C16H13.Fe/c1-2-7-13(8-3-1)15-11-6-12-16(15)14-9-4-5-10-14;/h1-5,7-9,11H,6,10H2;. The van der Waals surface area contributed by atoms with Gasteiger partial charge in [-0.2, -0.15) is 0 Å². The third-order valence-electron chi connectivity index (χ3n) is 3.19. The first-order valence-corrected chi connectivity index (χ1v) is 6.41. The SMILES string of the molecule is [Fe][C]1=C(C2=CC=CC2)C(c2ccccc2)=CC1. The van der Waals surface area contributed by atoms with Crippen LogP contribution in [0.3, 0.4) is 0 Å². The average molecular weight is 261 g/mol. The van der Waals surface area contributed by atoms with Gasteiger partial charge in [0.2, 0.25) is 0 Å². The second kappa shape index (κ2) is 4.52. The molecule has 0 amide bonds. The summed E-state index contributed by atoms with van der Waals surface area (Å²) in [4.78, 5) is 0. The van der Waals surface area contributed by atoms with E-state index in [0.29, 0.717) is 0 Å². The predicted molar refractivity (Wildman–Crippen MR) is 67.9 cm³/mol. The number of allylic oxidation sites excluding steroid dienone is 8. The van der Waals surface area contributed by atoms with E-state index in [-0.39, 0.29) is 0 Å². The van der Waals surface area contributed by atoms with Crippen LogP contribution in [0.5, 0.6) is 0 Å². The molecule has 2 aliphatic carbocycles. The third-order valence-corrected chi connectivity index (χ3v) is 3.69. The Balaban J connectivity index is 2.02. The van der Waals surface area contributed by atoms with Crippen molar-refractivity contribution in [1.29, 1.82) is 0 Å². The molecule has 1 aromatic carbocycles. The van der Waals surface area contributed by atoms with Gasteiger partial charge in [0.05, 0.1) is 0 Å². The summed E-state index contributed by atoms with van der Waals surface area (Å²) in [7, 11) is 0. The van der Waals surface area contributed by atoms with Gasteiger partial charge in [-0.25, -0.2) is 0 Å². The maximum absolute atomic E-state index is 4.20. The van der Waals surface area contributed by atoms with E-state index >= 15 is 0 Å². The molecule has 17 heavy (non-hydrogen) atoms. The van der Waals surface area contributed by atoms with Crippen molar-refractivity contribution in [3.63, 3.8) is 0 Å². The molecule has 0 radical (unpaired) electrons. The van der Waals surface area contributed by atoms with Crippen molar-refractivity contribution >= 4 is 5.57 Å². The topological polar surface area (TPSA) is 0 Å². The van der Waals surface area contributed by atoms with Gasteiger partial charge in [-0.15, -0.1) is 0 Å². The summed E-state index contributed by atoms with van der Waals surface area (Å²) < 4.78 is 1.25. The molecule has 0 atom stereocenters. The molecule has 0 aromatic heterocycles. The Kier molecular flexibility index (Phi) is 2.88. The summed E-state index contributed by atoms with van der Waals surface area (Å²) in [5.74, 6) is 0. The molecular formula is C16H13Fe. The zero-order valence-corrected chi connectivity index (χ0v) is 10.6. The van der Waals surface area contributed by atoms with Crippen molar-refractivity contribution in [3.8, 4) is 0 Å². The van der Waals surface area contributed by atoms with Crippen molar-refractivity contribution in [3.05, 3.63) is 75.8 Å². The Labute approximate surface area is 110 Å². The van der Waals surface area contributed by atoms with E-state index in [1.807, 2.05) is 0 Å². The van der Waals surface area contributed by atoms with Crippen LogP contribution < -0.4 is 0 Å². The van der Waals surface area contributed by atoms with Gasteiger partial charge in [0, 0.05) is 0 Å². The van der Waals surface area contributed by atoms with Crippen LogP contribution >= 0.6 is 0 Å². The summed E-state index contributed by atoms with van der Waals surface area (Å²) in [6, 6.07) is 10.6. The van der Waals surface area contributed by atoms with Gasteiger partial charge in [-0.05, 0) is 0 Å².